The topological polar surface area (TPSA) is 197 Å². The fraction of sp³-hybridized carbons (Fsp3) is 0.333. The van der Waals surface area contributed by atoms with E-state index in [0.717, 1.165) is 5.69 Å². The molecule has 0 bridgehead atoms. The molecule has 1 fully saturated rings. The van der Waals surface area contributed by atoms with Crippen LogP contribution in [-0.2, 0) is 4.74 Å². The van der Waals surface area contributed by atoms with Crippen LogP contribution in [0.2, 0.25) is 0 Å². The summed E-state index contributed by atoms with van der Waals surface area (Å²) in [4.78, 5) is 22.9. The third kappa shape index (κ3) is 6.47. The number of anilines is 1. The van der Waals surface area contributed by atoms with Gasteiger partial charge in [-0.15, -0.1) is 0 Å². The zero-order valence-corrected chi connectivity index (χ0v) is 16.8. The standard InChI is InChI=1S/C15H13NO4.C6H12O6/c17-13-7-6-10(8-12(13)15(19)20)14(18)9-16-11-4-2-1-3-5-11;7-1-2-3(8)4(9)5(10)6(11)12-2/h1-8,16-17H,9H2,(H,19,20);2-11H,1H2. The molecule has 0 aliphatic carbocycles. The van der Waals surface area contributed by atoms with E-state index in [4.69, 9.17) is 30.6 Å². The number of para-hydroxylation sites is 1. The summed E-state index contributed by atoms with van der Waals surface area (Å²) in [6.07, 6.45) is -7.04. The van der Waals surface area contributed by atoms with Gasteiger partial charge in [-0.05, 0) is 30.3 Å². The molecule has 1 aliphatic heterocycles. The Morgan fingerprint density at radius 3 is 2.19 bits per heavy atom. The molecule has 174 valence electrons. The van der Waals surface area contributed by atoms with E-state index >= 15 is 0 Å². The van der Waals surface area contributed by atoms with Crippen molar-refractivity contribution in [2.24, 2.45) is 0 Å². The van der Waals surface area contributed by atoms with Crippen molar-refractivity contribution >= 4 is 17.4 Å². The lowest BCUT2D eigenvalue weighted by Gasteiger charge is -2.37. The van der Waals surface area contributed by atoms with Crippen LogP contribution < -0.4 is 5.32 Å². The number of aliphatic hydroxyl groups is 5. The molecule has 8 N–H and O–H groups in total. The van der Waals surface area contributed by atoms with Crippen LogP contribution in [-0.4, -0.2) is 91.4 Å². The average Bonchev–Trinajstić information content (AvgIpc) is 2.79. The molecule has 1 aliphatic rings. The fourth-order valence-corrected chi connectivity index (χ4v) is 2.80. The van der Waals surface area contributed by atoms with E-state index in [2.05, 4.69) is 10.1 Å². The Labute approximate surface area is 182 Å². The van der Waals surface area contributed by atoms with E-state index in [9.17, 15) is 14.7 Å². The summed E-state index contributed by atoms with van der Waals surface area (Å²) in [7, 11) is 0. The van der Waals surface area contributed by atoms with Crippen LogP contribution in [0.4, 0.5) is 5.69 Å². The molecule has 0 radical (unpaired) electrons. The predicted molar refractivity (Wildman–Crippen MR) is 110 cm³/mol. The van der Waals surface area contributed by atoms with Gasteiger partial charge in [0.05, 0.1) is 13.2 Å². The van der Waals surface area contributed by atoms with Gasteiger partial charge in [0.1, 0.15) is 35.7 Å². The van der Waals surface area contributed by atoms with Crippen molar-refractivity contribution in [3.8, 4) is 5.75 Å². The summed E-state index contributed by atoms with van der Waals surface area (Å²) in [6.45, 7) is -0.476. The van der Waals surface area contributed by atoms with Gasteiger partial charge < -0.3 is 45.8 Å². The van der Waals surface area contributed by atoms with Crippen LogP contribution in [0.1, 0.15) is 20.7 Å². The molecule has 32 heavy (non-hydrogen) atoms. The van der Waals surface area contributed by atoms with E-state index in [1.807, 2.05) is 30.3 Å². The third-order valence-corrected chi connectivity index (χ3v) is 4.64. The first kappa shape index (κ1) is 25.2. The minimum Gasteiger partial charge on any atom is -0.507 e. The van der Waals surface area contributed by atoms with Crippen molar-refractivity contribution < 1.29 is 50.1 Å². The molecule has 5 unspecified atom stereocenters. The summed E-state index contributed by atoms with van der Waals surface area (Å²) < 4.78 is 4.58. The molecular weight excluding hydrogens is 426 g/mol. The normalized spacial score (nSPS) is 24.7. The SMILES string of the molecule is O=C(CNc1ccccc1)c1ccc(O)c(C(=O)O)c1.OCC1OC(O)C(O)C(O)C1O. The summed E-state index contributed by atoms with van der Waals surface area (Å²) in [5, 5.41) is 65.9. The van der Waals surface area contributed by atoms with Gasteiger partial charge >= 0.3 is 5.97 Å². The van der Waals surface area contributed by atoms with Crippen LogP contribution in [0.25, 0.3) is 0 Å². The molecule has 11 heteroatoms. The summed E-state index contributed by atoms with van der Waals surface area (Å²) in [5.74, 6) is -1.88. The molecule has 5 atom stereocenters. The highest BCUT2D eigenvalue weighted by Crippen LogP contribution is 2.20. The largest absolute Gasteiger partial charge is 0.507 e. The average molecular weight is 451 g/mol. The van der Waals surface area contributed by atoms with Crippen LogP contribution in [0, 0.1) is 0 Å². The Morgan fingerprint density at radius 2 is 1.59 bits per heavy atom. The molecule has 1 saturated heterocycles. The summed E-state index contributed by atoms with van der Waals surface area (Å²) in [5.41, 5.74) is 0.761. The maximum Gasteiger partial charge on any atom is 0.339 e. The number of hydrogen-bond acceptors (Lipinski definition) is 10. The van der Waals surface area contributed by atoms with E-state index in [1.165, 1.54) is 18.2 Å². The number of Topliss-reactive ketones (excluding diaryl/α,β-unsaturated/α-hetero) is 1. The van der Waals surface area contributed by atoms with Gasteiger partial charge in [0.2, 0.25) is 0 Å². The second kappa shape index (κ2) is 11.5. The number of hydrogen-bond donors (Lipinski definition) is 8. The second-order valence-corrected chi connectivity index (χ2v) is 6.90. The molecule has 0 spiro atoms. The smallest absolute Gasteiger partial charge is 0.339 e. The number of ketones is 1. The minimum atomic E-state index is -1.57. The van der Waals surface area contributed by atoms with Crippen molar-refractivity contribution in [3.63, 3.8) is 0 Å². The number of rotatable bonds is 6. The molecule has 3 rings (SSSR count). The Kier molecular flexibility index (Phi) is 9.08. The Morgan fingerprint density at radius 1 is 0.938 bits per heavy atom. The fourth-order valence-electron chi connectivity index (χ4n) is 2.80. The lowest BCUT2D eigenvalue weighted by atomic mass is 10.00. The van der Waals surface area contributed by atoms with Gasteiger partial charge in [-0.25, -0.2) is 4.79 Å². The van der Waals surface area contributed by atoms with Gasteiger partial charge in [-0.3, -0.25) is 4.79 Å². The van der Waals surface area contributed by atoms with Gasteiger partial charge in [-0.1, -0.05) is 18.2 Å². The van der Waals surface area contributed by atoms with Gasteiger partial charge in [0, 0.05) is 11.3 Å². The highest BCUT2D eigenvalue weighted by atomic mass is 16.6. The molecule has 2 aromatic carbocycles. The number of nitrogens with one attached hydrogen (secondary N) is 1. The highest BCUT2D eigenvalue weighted by Gasteiger charge is 2.42. The predicted octanol–water partition coefficient (Wildman–Crippen LogP) is -0.836. The summed E-state index contributed by atoms with van der Waals surface area (Å²) >= 11 is 0. The number of carboxylic acid groups (broad SMARTS) is 1. The Hall–Kier alpha value is -3.06. The number of aliphatic hydroxyl groups excluding tert-OH is 5. The van der Waals surface area contributed by atoms with Crippen molar-refractivity contribution in [1.82, 2.24) is 0 Å². The minimum absolute atomic E-state index is 0.0495. The van der Waals surface area contributed by atoms with E-state index < -0.39 is 43.3 Å². The first-order valence-electron chi connectivity index (χ1n) is 9.52. The molecule has 1 heterocycles. The number of benzene rings is 2. The van der Waals surface area contributed by atoms with E-state index in [0.29, 0.717) is 0 Å². The first-order valence-corrected chi connectivity index (χ1v) is 9.52. The maximum atomic E-state index is 12.0. The molecule has 0 amide bonds. The molecular formula is C21H25NO10. The molecule has 2 aromatic rings. The van der Waals surface area contributed by atoms with Gasteiger partial charge in [0.15, 0.2) is 12.1 Å². The first-order chi connectivity index (χ1) is 15.1. The van der Waals surface area contributed by atoms with Gasteiger partial charge in [0.25, 0.3) is 0 Å². The number of aromatic hydroxyl groups is 1. The van der Waals surface area contributed by atoms with E-state index in [1.54, 1.807) is 0 Å². The molecule has 11 nitrogen and oxygen atoms in total. The van der Waals surface area contributed by atoms with Crippen LogP contribution in [0.15, 0.2) is 48.5 Å². The highest BCUT2D eigenvalue weighted by molar-refractivity contribution is 6.01. The zero-order valence-electron chi connectivity index (χ0n) is 16.8. The Bertz CT molecular complexity index is 902. The second-order valence-electron chi connectivity index (χ2n) is 6.90. The number of phenols is 1. The monoisotopic (exact) mass is 451 g/mol. The number of carbonyl (C=O) groups is 2. The lowest BCUT2D eigenvalue weighted by Crippen LogP contribution is -2.58. The summed E-state index contributed by atoms with van der Waals surface area (Å²) in [6, 6.07) is 13.0. The van der Waals surface area contributed by atoms with Crippen molar-refractivity contribution in [1.29, 1.82) is 0 Å². The van der Waals surface area contributed by atoms with Crippen LogP contribution in [0.5, 0.6) is 5.75 Å². The number of aromatic carboxylic acids is 1. The lowest BCUT2D eigenvalue weighted by molar-refractivity contribution is -0.286. The van der Waals surface area contributed by atoms with Crippen molar-refractivity contribution in [2.75, 3.05) is 18.5 Å². The van der Waals surface area contributed by atoms with Crippen molar-refractivity contribution in [3.05, 3.63) is 59.7 Å². The maximum absolute atomic E-state index is 12.0. The molecule has 0 saturated carbocycles. The number of ether oxygens (including phenoxy) is 1. The third-order valence-electron chi connectivity index (χ3n) is 4.64. The number of carbonyl (C=O) groups excluding carboxylic acids is 1. The zero-order chi connectivity index (χ0) is 23.8. The van der Waals surface area contributed by atoms with Crippen LogP contribution >= 0.6 is 0 Å². The quantitative estimate of drug-likeness (QED) is 0.255. The van der Waals surface area contributed by atoms with E-state index in [-0.39, 0.29) is 29.2 Å². The van der Waals surface area contributed by atoms with Gasteiger partial charge in [-0.2, -0.15) is 0 Å². The Balaban J connectivity index is 0.000000258. The number of carboxylic acids is 1. The van der Waals surface area contributed by atoms with Crippen molar-refractivity contribution in [2.45, 2.75) is 30.7 Å². The van der Waals surface area contributed by atoms with Crippen LogP contribution in [0.3, 0.4) is 0 Å². The molecule has 0 aromatic heterocycles.